The molecule has 2 heteroatoms. The molecule has 1 aromatic carbocycles. The van der Waals surface area contributed by atoms with Crippen molar-refractivity contribution in [3.63, 3.8) is 0 Å². The Labute approximate surface area is 77.6 Å². The Balaban J connectivity index is 3.19. The van der Waals surface area contributed by atoms with E-state index in [1.54, 1.807) is 0 Å². The molecular weight excluding hydrogens is 170 g/mol. The standard InChI is InChI=1S/C10H10ClN/c1-7-3-4-9(5-6-12)10(11)8(7)2/h3-4H,5H2,1-2H3. The van der Waals surface area contributed by atoms with Gasteiger partial charge in [-0.25, -0.2) is 0 Å². The van der Waals surface area contributed by atoms with Crippen molar-refractivity contribution < 1.29 is 0 Å². The van der Waals surface area contributed by atoms with Crippen LogP contribution in [0.1, 0.15) is 16.7 Å². The average molecular weight is 180 g/mol. The molecule has 1 nitrogen and oxygen atoms in total. The van der Waals surface area contributed by atoms with Crippen LogP contribution in [-0.2, 0) is 6.42 Å². The first kappa shape index (κ1) is 9.09. The second kappa shape index (κ2) is 3.60. The van der Waals surface area contributed by atoms with Gasteiger partial charge in [-0.15, -0.1) is 0 Å². The highest BCUT2D eigenvalue weighted by atomic mass is 35.5. The van der Waals surface area contributed by atoms with Crippen LogP contribution >= 0.6 is 11.6 Å². The Morgan fingerprint density at radius 2 is 2.08 bits per heavy atom. The lowest BCUT2D eigenvalue weighted by atomic mass is 10.0. The van der Waals surface area contributed by atoms with Crippen LogP contribution in [0, 0.1) is 25.2 Å². The van der Waals surface area contributed by atoms with E-state index in [4.69, 9.17) is 16.9 Å². The molecule has 0 aliphatic rings. The number of rotatable bonds is 1. The van der Waals surface area contributed by atoms with Crippen molar-refractivity contribution in [1.29, 1.82) is 5.26 Å². The van der Waals surface area contributed by atoms with Crippen molar-refractivity contribution in [2.45, 2.75) is 20.3 Å². The van der Waals surface area contributed by atoms with Gasteiger partial charge in [-0.3, -0.25) is 0 Å². The number of aryl methyl sites for hydroxylation is 1. The van der Waals surface area contributed by atoms with Crippen LogP contribution in [0.15, 0.2) is 12.1 Å². The van der Waals surface area contributed by atoms with Crippen LogP contribution in [0.4, 0.5) is 0 Å². The molecule has 0 unspecified atom stereocenters. The topological polar surface area (TPSA) is 23.8 Å². The van der Waals surface area contributed by atoms with E-state index in [0.717, 1.165) is 16.1 Å². The van der Waals surface area contributed by atoms with Gasteiger partial charge in [-0.2, -0.15) is 5.26 Å². The fourth-order valence-corrected chi connectivity index (χ4v) is 1.34. The quantitative estimate of drug-likeness (QED) is 0.650. The molecule has 0 aliphatic carbocycles. The first-order valence-electron chi connectivity index (χ1n) is 3.78. The van der Waals surface area contributed by atoms with Gasteiger partial charge in [0.25, 0.3) is 0 Å². The lowest BCUT2D eigenvalue weighted by Crippen LogP contribution is -1.89. The van der Waals surface area contributed by atoms with Crippen molar-refractivity contribution in [3.8, 4) is 6.07 Å². The van der Waals surface area contributed by atoms with E-state index in [1.165, 1.54) is 5.56 Å². The summed E-state index contributed by atoms with van der Waals surface area (Å²) in [7, 11) is 0. The van der Waals surface area contributed by atoms with Crippen LogP contribution < -0.4 is 0 Å². The largest absolute Gasteiger partial charge is 0.198 e. The van der Waals surface area contributed by atoms with Gasteiger partial charge in [0.05, 0.1) is 12.5 Å². The lowest BCUT2D eigenvalue weighted by Gasteiger charge is -2.05. The van der Waals surface area contributed by atoms with E-state index >= 15 is 0 Å². The van der Waals surface area contributed by atoms with Crippen molar-refractivity contribution in [2.75, 3.05) is 0 Å². The molecule has 1 aromatic rings. The molecule has 62 valence electrons. The monoisotopic (exact) mass is 179 g/mol. The summed E-state index contributed by atoms with van der Waals surface area (Å²) in [6, 6.07) is 5.99. The first-order chi connectivity index (χ1) is 5.66. The number of hydrogen-bond donors (Lipinski definition) is 0. The Morgan fingerprint density at radius 3 is 2.67 bits per heavy atom. The highest BCUT2D eigenvalue weighted by Crippen LogP contribution is 2.23. The summed E-state index contributed by atoms with van der Waals surface area (Å²) in [6.07, 6.45) is 0.389. The molecule has 0 amide bonds. The Hall–Kier alpha value is -1.00. The first-order valence-corrected chi connectivity index (χ1v) is 4.16. The molecule has 0 bridgehead atoms. The molecule has 0 radical (unpaired) electrons. The van der Waals surface area contributed by atoms with Crippen LogP contribution in [0.25, 0.3) is 0 Å². The number of nitriles is 1. The van der Waals surface area contributed by atoms with Crippen LogP contribution in [0.5, 0.6) is 0 Å². The molecule has 1 rings (SSSR count). The van der Waals surface area contributed by atoms with E-state index in [9.17, 15) is 0 Å². The van der Waals surface area contributed by atoms with Gasteiger partial charge in [0.15, 0.2) is 0 Å². The third kappa shape index (κ3) is 1.60. The van der Waals surface area contributed by atoms with Crippen molar-refractivity contribution >= 4 is 11.6 Å². The summed E-state index contributed by atoms with van der Waals surface area (Å²) in [5, 5.41) is 9.23. The van der Waals surface area contributed by atoms with E-state index in [2.05, 4.69) is 6.07 Å². The summed E-state index contributed by atoms with van der Waals surface area (Å²) >= 11 is 6.03. The Kier molecular flexibility index (Phi) is 2.73. The van der Waals surface area contributed by atoms with Gasteiger partial charge < -0.3 is 0 Å². The number of nitrogens with zero attached hydrogens (tertiary/aromatic N) is 1. The van der Waals surface area contributed by atoms with Crippen molar-refractivity contribution in [1.82, 2.24) is 0 Å². The Bertz CT molecular complexity index is 336. The molecule has 0 aromatic heterocycles. The summed E-state index contributed by atoms with van der Waals surface area (Å²) in [6.45, 7) is 3.98. The van der Waals surface area contributed by atoms with Gasteiger partial charge >= 0.3 is 0 Å². The smallest absolute Gasteiger partial charge is 0.0670 e. The maximum absolute atomic E-state index is 8.50. The molecule has 0 heterocycles. The second-order valence-electron chi connectivity index (χ2n) is 2.82. The molecular formula is C10H10ClN. The zero-order chi connectivity index (χ0) is 9.14. The predicted octanol–water partition coefficient (Wildman–Crippen LogP) is 3.02. The molecule has 0 atom stereocenters. The SMILES string of the molecule is Cc1ccc(CC#N)c(Cl)c1C. The highest BCUT2D eigenvalue weighted by Gasteiger charge is 2.04. The summed E-state index contributed by atoms with van der Waals surface area (Å²) in [5.41, 5.74) is 3.16. The lowest BCUT2D eigenvalue weighted by molar-refractivity contribution is 1.22. The van der Waals surface area contributed by atoms with Gasteiger partial charge in [0, 0.05) is 5.02 Å². The van der Waals surface area contributed by atoms with E-state index in [-0.39, 0.29) is 0 Å². The number of halogens is 1. The molecule has 0 aliphatic heterocycles. The molecule has 0 fully saturated rings. The third-order valence-electron chi connectivity index (χ3n) is 2.01. The van der Waals surface area contributed by atoms with E-state index < -0.39 is 0 Å². The predicted molar refractivity (Wildman–Crippen MR) is 50.2 cm³/mol. The average Bonchev–Trinajstić information content (AvgIpc) is 2.07. The van der Waals surface area contributed by atoms with Gasteiger partial charge in [-0.1, -0.05) is 23.7 Å². The molecule has 0 spiro atoms. The fraction of sp³-hybridized carbons (Fsp3) is 0.300. The summed E-state index contributed by atoms with van der Waals surface area (Å²) < 4.78 is 0. The maximum atomic E-state index is 8.50. The highest BCUT2D eigenvalue weighted by molar-refractivity contribution is 6.32. The minimum atomic E-state index is 0.389. The van der Waals surface area contributed by atoms with Crippen LogP contribution in [0.3, 0.4) is 0 Å². The molecule has 0 saturated heterocycles. The zero-order valence-electron chi connectivity index (χ0n) is 7.19. The fourth-order valence-electron chi connectivity index (χ4n) is 1.06. The minimum Gasteiger partial charge on any atom is -0.198 e. The third-order valence-corrected chi connectivity index (χ3v) is 2.53. The molecule has 0 saturated carbocycles. The summed E-state index contributed by atoms with van der Waals surface area (Å²) in [4.78, 5) is 0. The number of hydrogen-bond acceptors (Lipinski definition) is 1. The normalized spacial score (nSPS) is 9.50. The minimum absolute atomic E-state index is 0.389. The van der Waals surface area contributed by atoms with E-state index in [0.29, 0.717) is 6.42 Å². The van der Waals surface area contributed by atoms with Crippen LogP contribution in [0.2, 0.25) is 5.02 Å². The van der Waals surface area contributed by atoms with Crippen molar-refractivity contribution in [3.05, 3.63) is 33.8 Å². The van der Waals surface area contributed by atoms with Gasteiger partial charge in [0.1, 0.15) is 0 Å². The maximum Gasteiger partial charge on any atom is 0.0670 e. The zero-order valence-corrected chi connectivity index (χ0v) is 7.94. The van der Waals surface area contributed by atoms with Gasteiger partial charge in [0.2, 0.25) is 0 Å². The van der Waals surface area contributed by atoms with Crippen molar-refractivity contribution in [2.24, 2.45) is 0 Å². The van der Waals surface area contributed by atoms with Gasteiger partial charge in [-0.05, 0) is 30.5 Å². The summed E-state index contributed by atoms with van der Waals surface area (Å²) in [5.74, 6) is 0. The second-order valence-corrected chi connectivity index (χ2v) is 3.19. The van der Waals surface area contributed by atoms with E-state index in [1.807, 2.05) is 26.0 Å². The van der Waals surface area contributed by atoms with Crippen LogP contribution in [-0.4, -0.2) is 0 Å². The number of benzene rings is 1. The molecule has 12 heavy (non-hydrogen) atoms. The molecule has 0 N–H and O–H groups in total. The Morgan fingerprint density at radius 1 is 1.42 bits per heavy atom.